The highest BCUT2D eigenvalue weighted by atomic mass is 16.5. The summed E-state index contributed by atoms with van der Waals surface area (Å²) in [5, 5.41) is 17.8. The van der Waals surface area contributed by atoms with Gasteiger partial charge in [-0.25, -0.2) is 14.6 Å². The molecule has 0 saturated carbocycles. The van der Waals surface area contributed by atoms with Crippen LogP contribution < -0.4 is 20.5 Å². The van der Waals surface area contributed by atoms with Crippen molar-refractivity contribution in [3.8, 4) is 23.2 Å². The Bertz CT molecular complexity index is 2410. The summed E-state index contributed by atoms with van der Waals surface area (Å²) in [5.74, 6) is 1.08. The molecule has 310 valence electrons. The number of aromatic nitrogens is 4. The topological polar surface area (TPSA) is 167 Å². The first-order chi connectivity index (χ1) is 29.2. The number of nitriles is 1. The molecule has 2 aromatic heterocycles. The minimum atomic E-state index is -0.807. The Morgan fingerprint density at radius 1 is 0.967 bits per heavy atom. The summed E-state index contributed by atoms with van der Waals surface area (Å²) in [7, 11) is 0. The Kier molecular flexibility index (Phi) is 12.1. The van der Waals surface area contributed by atoms with Gasteiger partial charge in [-0.2, -0.15) is 10.4 Å². The smallest absolute Gasteiger partial charge is 0.275 e. The number of ether oxygens (including phenoxy) is 1. The predicted octanol–water partition coefficient (Wildman–Crippen LogP) is 4.93. The normalized spacial score (nSPS) is 21.2. The van der Waals surface area contributed by atoms with E-state index in [2.05, 4.69) is 42.3 Å². The first kappa shape index (κ1) is 40.6. The van der Waals surface area contributed by atoms with Crippen molar-refractivity contribution in [2.75, 3.05) is 57.3 Å². The number of rotatable bonds is 12. The van der Waals surface area contributed by atoms with Crippen molar-refractivity contribution in [3.05, 3.63) is 101 Å². The third-order valence-corrected chi connectivity index (χ3v) is 12.3. The third-order valence-electron chi connectivity index (χ3n) is 12.3. The van der Waals surface area contributed by atoms with Crippen LogP contribution in [0.15, 0.2) is 84.0 Å². The fourth-order valence-corrected chi connectivity index (χ4v) is 8.79. The zero-order chi connectivity index (χ0) is 41.6. The number of hydrogen-bond acceptors (Lipinski definition) is 11. The zero-order valence-corrected chi connectivity index (χ0v) is 34.1. The summed E-state index contributed by atoms with van der Waals surface area (Å²) in [5.41, 5.74) is 2.71. The van der Waals surface area contributed by atoms with E-state index in [9.17, 15) is 24.4 Å². The van der Waals surface area contributed by atoms with Gasteiger partial charge in [0.25, 0.3) is 11.5 Å². The molecule has 0 radical (unpaired) electrons. The monoisotopic (exact) mass is 809 g/mol. The SMILES string of the molecule is Cc1nn(C2CCC(=O)NC2=O)c(=O)c2ccc(N3CCN(C(=O)CCCN4CCC(COc5cnc(-c6cccc(CC7(C#N)C=CC=CC7)c6)nc5)CC4)CC3)cc12. The van der Waals surface area contributed by atoms with Crippen molar-refractivity contribution in [3.63, 3.8) is 0 Å². The molecule has 1 N–H and O–H groups in total. The summed E-state index contributed by atoms with van der Waals surface area (Å²) < 4.78 is 7.33. The Morgan fingerprint density at radius 3 is 2.50 bits per heavy atom. The summed E-state index contributed by atoms with van der Waals surface area (Å²) in [4.78, 5) is 66.4. The highest BCUT2D eigenvalue weighted by Gasteiger charge is 2.31. The first-order valence-corrected chi connectivity index (χ1v) is 21.1. The van der Waals surface area contributed by atoms with Crippen LogP contribution in [0.4, 0.5) is 5.69 Å². The highest BCUT2D eigenvalue weighted by molar-refractivity contribution is 5.99. The maximum Gasteiger partial charge on any atom is 0.275 e. The second-order valence-corrected chi connectivity index (χ2v) is 16.5. The Balaban J connectivity index is 0.739. The lowest BCUT2D eigenvalue weighted by molar-refractivity contribution is -0.136. The van der Waals surface area contributed by atoms with Crippen molar-refractivity contribution in [1.82, 2.24) is 34.9 Å². The van der Waals surface area contributed by atoms with Crippen molar-refractivity contribution in [2.45, 2.75) is 64.3 Å². The average Bonchev–Trinajstić information content (AvgIpc) is 3.28. The Hall–Kier alpha value is -6.20. The molecule has 1 aliphatic carbocycles. The number of nitrogens with one attached hydrogen (secondary N) is 1. The molecule has 3 amide bonds. The van der Waals surface area contributed by atoms with E-state index >= 15 is 0 Å². The van der Waals surface area contributed by atoms with Crippen molar-refractivity contribution in [1.29, 1.82) is 5.26 Å². The lowest BCUT2D eigenvalue weighted by Gasteiger charge is -2.36. The summed E-state index contributed by atoms with van der Waals surface area (Å²) in [6.07, 6.45) is 16.6. The summed E-state index contributed by atoms with van der Waals surface area (Å²) in [6.45, 7) is 7.97. The van der Waals surface area contributed by atoms with Gasteiger partial charge < -0.3 is 19.4 Å². The number of likely N-dealkylation sites (tertiary alicyclic amines) is 1. The number of anilines is 1. The fourth-order valence-electron chi connectivity index (χ4n) is 8.79. The van der Waals surface area contributed by atoms with Gasteiger partial charge >= 0.3 is 0 Å². The average molecular weight is 810 g/mol. The van der Waals surface area contributed by atoms with Gasteiger partial charge in [0.05, 0.1) is 41.6 Å². The van der Waals surface area contributed by atoms with Crippen molar-refractivity contribution in [2.24, 2.45) is 11.3 Å². The lowest BCUT2D eigenvalue weighted by atomic mass is 9.78. The van der Waals surface area contributed by atoms with E-state index < -0.39 is 17.4 Å². The van der Waals surface area contributed by atoms with E-state index in [1.54, 1.807) is 18.5 Å². The zero-order valence-electron chi connectivity index (χ0n) is 34.1. The minimum Gasteiger partial charge on any atom is -0.490 e. The number of amides is 3. The van der Waals surface area contributed by atoms with Gasteiger partial charge in [0.1, 0.15) is 6.04 Å². The van der Waals surface area contributed by atoms with Gasteiger partial charge in [0.15, 0.2) is 11.6 Å². The van der Waals surface area contributed by atoms with Gasteiger partial charge in [-0.3, -0.25) is 24.5 Å². The van der Waals surface area contributed by atoms with Crippen LogP contribution in [-0.4, -0.2) is 99.7 Å². The van der Waals surface area contributed by atoms with Crippen molar-refractivity contribution >= 4 is 34.2 Å². The molecular weight excluding hydrogens is 759 g/mol. The molecule has 3 fully saturated rings. The second-order valence-electron chi connectivity index (χ2n) is 16.5. The van der Waals surface area contributed by atoms with E-state index in [1.165, 1.54) is 4.68 Å². The van der Waals surface area contributed by atoms with E-state index in [1.807, 2.05) is 66.5 Å². The molecule has 5 heterocycles. The highest BCUT2D eigenvalue weighted by Crippen LogP contribution is 2.33. The van der Waals surface area contributed by atoms with Crippen LogP contribution in [0.25, 0.3) is 22.2 Å². The van der Waals surface area contributed by atoms with Crippen LogP contribution in [0.5, 0.6) is 5.75 Å². The molecular formula is C46H51N9O5. The number of allylic oxidation sites excluding steroid dienone is 4. The summed E-state index contributed by atoms with van der Waals surface area (Å²) in [6, 6.07) is 15.5. The molecule has 14 nitrogen and oxygen atoms in total. The minimum absolute atomic E-state index is 0.169. The third kappa shape index (κ3) is 9.16. The number of piperidine rings is 2. The molecule has 4 aliphatic rings. The maximum atomic E-state index is 13.3. The van der Waals surface area contributed by atoms with Gasteiger partial charge in [-0.1, -0.05) is 42.5 Å². The number of piperazine rings is 1. The van der Waals surface area contributed by atoms with Crippen LogP contribution >= 0.6 is 0 Å². The Morgan fingerprint density at radius 2 is 1.77 bits per heavy atom. The number of imide groups is 1. The van der Waals surface area contributed by atoms with Crippen LogP contribution in [0.1, 0.15) is 62.2 Å². The molecule has 3 saturated heterocycles. The molecule has 60 heavy (non-hydrogen) atoms. The van der Waals surface area contributed by atoms with Gasteiger partial charge in [-0.15, -0.1) is 0 Å². The number of nitrogens with zero attached hydrogens (tertiary/aromatic N) is 8. The molecule has 2 unspecified atom stereocenters. The quantitative estimate of drug-likeness (QED) is 0.193. The van der Waals surface area contributed by atoms with Gasteiger partial charge in [0.2, 0.25) is 11.8 Å². The number of benzene rings is 2. The van der Waals surface area contributed by atoms with E-state index in [0.29, 0.717) is 80.6 Å². The van der Waals surface area contributed by atoms with E-state index in [-0.39, 0.29) is 30.2 Å². The molecule has 2 aromatic carbocycles. The predicted molar refractivity (Wildman–Crippen MR) is 227 cm³/mol. The van der Waals surface area contributed by atoms with Crippen molar-refractivity contribution < 1.29 is 19.1 Å². The molecule has 3 aliphatic heterocycles. The van der Waals surface area contributed by atoms with E-state index in [0.717, 1.165) is 61.1 Å². The number of hydrogen-bond donors (Lipinski definition) is 1. The number of carbonyl (C=O) groups excluding carboxylic acids is 3. The summed E-state index contributed by atoms with van der Waals surface area (Å²) >= 11 is 0. The van der Waals surface area contributed by atoms with Crippen LogP contribution in [0.3, 0.4) is 0 Å². The molecule has 0 spiro atoms. The second kappa shape index (κ2) is 18.0. The number of carbonyl (C=O) groups is 3. The van der Waals surface area contributed by atoms with Crippen LogP contribution in [0, 0.1) is 29.6 Å². The number of aryl methyl sites for hydroxylation is 1. The molecule has 4 aromatic rings. The Labute approximate surface area is 349 Å². The van der Waals surface area contributed by atoms with E-state index in [4.69, 9.17) is 4.74 Å². The molecule has 2 atom stereocenters. The fraction of sp³-hybridized carbons (Fsp3) is 0.435. The van der Waals surface area contributed by atoms with Gasteiger partial charge in [-0.05, 0) is 101 Å². The molecule has 8 rings (SSSR count). The van der Waals surface area contributed by atoms with Crippen LogP contribution in [0.2, 0.25) is 0 Å². The maximum absolute atomic E-state index is 13.3. The lowest BCUT2D eigenvalue weighted by Crippen LogP contribution is -2.49. The van der Waals surface area contributed by atoms with Gasteiger partial charge in [0, 0.05) is 55.7 Å². The number of fused-ring (bicyclic) bond motifs is 1. The largest absolute Gasteiger partial charge is 0.490 e. The van der Waals surface area contributed by atoms with Crippen LogP contribution in [-0.2, 0) is 20.8 Å². The molecule has 14 heteroatoms. The standard InChI is InChI=1S/C46H51N9O5/c1-32-39-26-36(10-11-38(39)45(59)55(51-32)40-12-13-41(56)50-44(40)58)53-21-23-54(24-22-53)42(57)9-6-18-52-19-14-33(15-20-52)30-60-37-28-48-43(49-29-37)35-8-5-7-34(25-35)27-46(31-47)16-3-2-4-17-46/h2-5,7-8,10-11,16,25-26,28-29,33,40H,6,9,12-15,17-24,27,30H2,1H3,(H,50,56,58). The first-order valence-electron chi connectivity index (χ1n) is 21.1. The molecule has 0 bridgehead atoms.